The summed E-state index contributed by atoms with van der Waals surface area (Å²) in [5.74, 6) is 1.19. The van der Waals surface area contributed by atoms with Crippen molar-refractivity contribution in [1.82, 2.24) is 0 Å². The van der Waals surface area contributed by atoms with Crippen LogP contribution in [0.5, 0.6) is 5.75 Å². The topological polar surface area (TPSA) is 55.4 Å². The van der Waals surface area contributed by atoms with E-state index in [-0.39, 0.29) is 11.5 Å². The molecule has 1 N–H and O–H groups in total. The molecule has 0 aromatic heterocycles. The lowest BCUT2D eigenvalue weighted by molar-refractivity contribution is 0.414. The van der Waals surface area contributed by atoms with Crippen molar-refractivity contribution in [3.05, 3.63) is 22.7 Å². The maximum absolute atomic E-state index is 11.3. The predicted molar refractivity (Wildman–Crippen MR) is 78.1 cm³/mol. The molecule has 0 fully saturated rings. The Kier molecular flexibility index (Phi) is 5.95. The number of hydrogen-bond acceptors (Lipinski definition) is 4. The number of methoxy groups -OCH3 is 1. The lowest BCUT2D eigenvalue weighted by atomic mass is 10.3. The summed E-state index contributed by atoms with van der Waals surface area (Å²) >= 11 is 3.39. The van der Waals surface area contributed by atoms with E-state index in [1.807, 2.05) is 18.2 Å². The number of benzene rings is 1. The number of nitrogens with one attached hydrogen (secondary N) is 1. The normalized spacial score (nSPS) is 11.3. The first-order valence-electron chi connectivity index (χ1n) is 5.75. The Balaban J connectivity index is 2.47. The highest BCUT2D eigenvalue weighted by molar-refractivity contribution is 9.10. The van der Waals surface area contributed by atoms with Crippen molar-refractivity contribution in [3.63, 3.8) is 0 Å². The Hall–Kier alpha value is -0.750. The highest BCUT2D eigenvalue weighted by Gasteiger charge is 2.06. The fourth-order valence-electron chi connectivity index (χ4n) is 1.45. The molecule has 1 aromatic carbocycles. The Morgan fingerprint density at radius 3 is 2.67 bits per heavy atom. The maximum Gasteiger partial charge on any atom is 0.150 e. The van der Waals surface area contributed by atoms with Crippen LogP contribution < -0.4 is 10.1 Å². The SMILES string of the molecule is CCS(=O)(=O)CCCNc1cc(Br)cc(OC)c1. The molecule has 0 amide bonds. The standard InChI is InChI=1S/C12H18BrNO3S/c1-3-18(15,16)6-4-5-14-11-7-10(13)8-12(9-11)17-2/h7-9,14H,3-6H2,1-2H3. The number of sulfone groups is 1. The first-order valence-corrected chi connectivity index (χ1v) is 8.37. The summed E-state index contributed by atoms with van der Waals surface area (Å²) in [7, 11) is -1.26. The summed E-state index contributed by atoms with van der Waals surface area (Å²) in [4.78, 5) is 0. The molecule has 0 heterocycles. The van der Waals surface area contributed by atoms with Gasteiger partial charge in [0.2, 0.25) is 0 Å². The van der Waals surface area contributed by atoms with Gasteiger partial charge in [0.25, 0.3) is 0 Å². The van der Waals surface area contributed by atoms with Gasteiger partial charge in [-0.2, -0.15) is 0 Å². The van der Waals surface area contributed by atoms with Crippen LogP contribution in [0.4, 0.5) is 5.69 Å². The number of ether oxygens (including phenoxy) is 1. The molecule has 0 bridgehead atoms. The van der Waals surface area contributed by atoms with Crippen molar-refractivity contribution in [2.75, 3.05) is 30.5 Å². The van der Waals surface area contributed by atoms with Crippen LogP contribution >= 0.6 is 15.9 Å². The molecule has 1 aromatic rings. The van der Waals surface area contributed by atoms with Gasteiger partial charge in [-0.3, -0.25) is 0 Å². The molecule has 0 radical (unpaired) electrons. The summed E-state index contributed by atoms with van der Waals surface area (Å²) in [5.41, 5.74) is 0.912. The largest absolute Gasteiger partial charge is 0.497 e. The third kappa shape index (κ3) is 5.27. The highest BCUT2D eigenvalue weighted by Crippen LogP contribution is 2.24. The van der Waals surface area contributed by atoms with E-state index >= 15 is 0 Å². The molecule has 0 unspecified atom stereocenters. The van der Waals surface area contributed by atoms with E-state index in [1.165, 1.54) is 0 Å². The number of rotatable bonds is 7. The molecule has 4 nitrogen and oxygen atoms in total. The molecule has 0 aliphatic rings. The van der Waals surface area contributed by atoms with Crippen LogP contribution in [0.15, 0.2) is 22.7 Å². The molecule has 6 heteroatoms. The zero-order valence-electron chi connectivity index (χ0n) is 10.6. The minimum Gasteiger partial charge on any atom is -0.497 e. The molecule has 1 rings (SSSR count). The van der Waals surface area contributed by atoms with Crippen molar-refractivity contribution in [2.24, 2.45) is 0 Å². The fraction of sp³-hybridized carbons (Fsp3) is 0.500. The molecule has 0 aliphatic heterocycles. The molecule has 18 heavy (non-hydrogen) atoms. The van der Waals surface area contributed by atoms with E-state index in [0.717, 1.165) is 15.9 Å². The first-order chi connectivity index (χ1) is 8.46. The third-order valence-corrected chi connectivity index (χ3v) is 4.76. The first kappa shape index (κ1) is 15.3. The van der Waals surface area contributed by atoms with Crippen molar-refractivity contribution < 1.29 is 13.2 Å². The van der Waals surface area contributed by atoms with Gasteiger partial charge in [-0.15, -0.1) is 0 Å². The van der Waals surface area contributed by atoms with Crippen molar-refractivity contribution in [1.29, 1.82) is 0 Å². The summed E-state index contributed by atoms with van der Waals surface area (Å²) < 4.78 is 28.7. The molecule has 102 valence electrons. The summed E-state index contributed by atoms with van der Waals surface area (Å²) in [6, 6.07) is 5.67. The van der Waals surface area contributed by atoms with Gasteiger partial charge in [-0.1, -0.05) is 22.9 Å². The molecule has 0 spiro atoms. The molecule has 0 atom stereocenters. The number of hydrogen-bond donors (Lipinski definition) is 1. The Morgan fingerprint density at radius 1 is 1.33 bits per heavy atom. The highest BCUT2D eigenvalue weighted by atomic mass is 79.9. The van der Waals surface area contributed by atoms with Gasteiger partial charge in [-0.25, -0.2) is 8.42 Å². The Labute approximate surface area is 117 Å². The van der Waals surface area contributed by atoms with E-state index in [0.29, 0.717) is 13.0 Å². The minimum absolute atomic E-state index is 0.206. The third-order valence-electron chi connectivity index (χ3n) is 2.51. The lowest BCUT2D eigenvalue weighted by Gasteiger charge is -2.09. The Morgan fingerprint density at radius 2 is 2.06 bits per heavy atom. The van der Waals surface area contributed by atoms with Gasteiger partial charge in [-0.05, 0) is 18.6 Å². The predicted octanol–water partition coefficient (Wildman–Crippen LogP) is 2.69. The van der Waals surface area contributed by atoms with E-state index in [1.54, 1.807) is 14.0 Å². The molecule has 0 saturated carbocycles. The van der Waals surface area contributed by atoms with Crippen LogP contribution in [0.2, 0.25) is 0 Å². The molecular weight excluding hydrogens is 318 g/mol. The number of halogens is 1. The number of anilines is 1. The maximum atomic E-state index is 11.3. The molecule has 0 saturated heterocycles. The molecule has 0 aliphatic carbocycles. The van der Waals surface area contributed by atoms with Crippen LogP contribution in [-0.4, -0.2) is 33.6 Å². The smallest absolute Gasteiger partial charge is 0.150 e. The minimum atomic E-state index is -2.87. The monoisotopic (exact) mass is 335 g/mol. The summed E-state index contributed by atoms with van der Waals surface area (Å²) in [6.07, 6.45) is 0.602. The van der Waals surface area contributed by atoms with Gasteiger partial charge in [0.15, 0.2) is 0 Å². The second kappa shape index (κ2) is 6.99. The summed E-state index contributed by atoms with van der Waals surface area (Å²) in [6.45, 7) is 2.29. The zero-order valence-corrected chi connectivity index (χ0v) is 13.0. The molecular formula is C12H18BrNO3S. The fourth-order valence-corrected chi connectivity index (χ4v) is 2.80. The van der Waals surface area contributed by atoms with Crippen LogP contribution in [0.1, 0.15) is 13.3 Å². The second-order valence-electron chi connectivity index (χ2n) is 3.90. The van der Waals surface area contributed by atoms with Crippen LogP contribution in [0.3, 0.4) is 0 Å². The van der Waals surface area contributed by atoms with Crippen LogP contribution in [0.25, 0.3) is 0 Å². The second-order valence-corrected chi connectivity index (χ2v) is 7.28. The Bertz CT molecular complexity index is 488. The van der Waals surface area contributed by atoms with Crippen molar-refractivity contribution in [3.8, 4) is 5.75 Å². The van der Waals surface area contributed by atoms with E-state index in [2.05, 4.69) is 21.2 Å². The van der Waals surface area contributed by atoms with E-state index in [9.17, 15) is 8.42 Å². The summed E-state index contributed by atoms with van der Waals surface area (Å²) in [5, 5.41) is 3.18. The van der Waals surface area contributed by atoms with Crippen LogP contribution in [-0.2, 0) is 9.84 Å². The van der Waals surface area contributed by atoms with Gasteiger partial charge in [0.05, 0.1) is 12.9 Å². The van der Waals surface area contributed by atoms with Gasteiger partial charge in [0.1, 0.15) is 15.6 Å². The quantitative estimate of drug-likeness (QED) is 0.778. The van der Waals surface area contributed by atoms with E-state index in [4.69, 9.17) is 4.74 Å². The van der Waals surface area contributed by atoms with Gasteiger partial charge < -0.3 is 10.1 Å². The van der Waals surface area contributed by atoms with Crippen molar-refractivity contribution >= 4 is 31.5 Å². The van der Waals surface area contributed by atoms with Crippen molar-refractivity contribution in [2.45, 2.75) is 13.3 Å². The average Bonchev–Trinajstić information content (AvgIpc) is 2.34. The zero-order chi connectivity index (χ0) is 13.6. The van der Waals surface area contributed by atoms with Gasteiger partial charge >= 0.3 is 0 Å². The van der Waals surface area contributed by atoms with Crippen LogP contribution in [0, 0.1) is 0 Å². The lowest BCUT2D eigenvalue weighted by Crippen LogP contribution is -2.12. The average molecular weight is 336 g/mol. The van der Waals surface area contributed by atoms with E-state index < -0.39 is 9.84 Å². The van der Waals surface area contributed by atoms with Gasteiger partial charge in [0, 0.05) is 28.5 Å².